The largest absolute Gasteiger partial charge is 0.490 e. The van der Waals surface area contributed by atoms with Crippen LogP contribution < -0.4 is 31.7 Å². The predicted octanol–water partition coefficient (Wildman–Crippen LogP) is 4.65. The molecule has 1 aromatic carbocycles. The monoisotopic (exact) mass is 1010 g/mol. The molecule has 72 heavy (non-hydrogen) atoms. The molecular formula is C51H70N12O8S. The molecule has 5 aromatic rings. The molecule has 4 amide bonds. The van der Waals surface area contributed by atoms with Gasteiger partial charge in [0.15, 0.2) is 23.1 Å². The van der Waals surface area contributed by atoms with E-state index in [1.165, 1.54) is 4.90 Å². The second-order valence-electron chi connectivity index (χ2n) is 19.7. The van der Waals surface area contributed by atoms with Crippen LogP contribution in [0.15, 0.2) is 40.6 Å². The van der Waals surface area contributed by atoms with Crippen molar-refractivity contribution in [3.8, 4) is 39.5 Å². The van der Waals surface area contributed by atoms with E-state index in [2.05, 4.69) is 53.4 Å². The lowest BCUT2D eigenvalue weighted by molar-refractivity contribution is -0.144. The number of hydrogen-bond donors (Lipinski definition) is 7. The maximum Gasteiger partial charge on any atom is 0.246 e. The molecule has 1 unspecified atom stereocenters. The van der Waals surface area contributed by atoms with E-state index in [1.807, 2.05) is 69.0 Å². The fraction of sp³-hybridized carbons (Fsp3) is 0.549. The summed E-state index contributed by atoms with van der Waals surface area (Å²) in [7, 11) is 0. The third kappa shape index (κ3) is 15.0. The number of carbonyl (C=O) groups excluding carboxylic acids is 4. The first-order valence-corrected chi connectivity index (χ1v) is 25.6. The number of benzene rings is 1. The summed E-state index contributed by atoms with van der Waals surface area (Å²) >= 11 is 1.57. The van der Waals surface area contributed by atoms with E-state index in [1.54, 1.807) is 31.4 Å². The highest BCUT2D eigenvalue weighted by molar-refractivity contribution is 7.13. The summed E-state index contributed by atoms with van der Waals surface area (Å²) in [6.07, 6.45) is 5.84. The van der Waals surface area contributed by atoms with Crippen molar-refractivity contribution in [3.63, 3.8) is 0 Å². The van der Waals surface area contributed by atoms with Gasteiger partial charge in [-0.3, -0.25) is 19.2 Å². The number of likely N-dealkylation sites (tertiary alicyclic amines) is 1. The van der Waals surface area contributed by atoms with Gasteiger partial charge in [0, 0.05) is 45.4 Å². The highest BCUT2D eigenvalue weighted by Crippen LogP contribution is 2.34. The van der Waals surface area contributed by atoms with Gasteiger partial charge in [0.1, 0.15) is 34.4 Å². The molecule has 1 aliphatic heterocycles. The van der Waals surface area contributed by atoms with Crippen LogP contribution in [0.25, 0.3) is 33.0 Å². The standard InChI is InChI=1S/C51H70N12O8S/c1-8-62-43-38(29-55-36(21-22-51(6,7)69)41(43)59-47(62)42-46(52)61-71-60-42)70-26-14-24-53-23-13-16-39(65)54-25-12-10-9-11-15-40(66)58-45(50(3,4)5)49(68)63-30-35(64)27-37(63)48(67)56-28-33-17-19-34(20-18-33)44-32(2)57-31-72-44/h17-20,29,31,35,37,45,53,64,69H,8-16,23-28,30H2,1-7H3,(H2,52,61)(H,54,65)(H,56,67)(H,58,66)/t35-,37+,45?/m1/s1. The van der Waals surface area contributed by atoms with E-state index in [-0.39, 0.29) is 55.2 Å². The second kappa shape index (κ2) is 25.3. The van der Waals surface area contributed by atoms with Gasteiger partial charge in [0.25, 0.3) is 0 Å². The number of unbranched alkanes of at least 4 members (excludes halogenated alkanes) is 3. The Morgan fingerprint density at radius 2 is 1.69 bits per heavy atom. The van der Waals surface area contributed by atoms with Gasteiger partial charge in [0.05, 0.1) is 35.0 Å². The van der Waals surface area contributed by atoms with Crippen LogP contribution in [-0.2, 0) is 32.3 Å². The number of aromatic nitrogens is 6. The molecule has 0 aliphatic carbocycles. The Bertz CT molecular complexity index is 2690. The maximum absolute atomic E-state index is 14.0. The van der Waals surface area contributed by atoms with Gasteiger partial charge in [-0.1, -0.05) is 63.8 Å². The van der Waals surface area contributed by atoms with E-state index in [0.717, 1.165) is 41.0 Å². The first kappa shape index (κ1) is 54.9. The molecular weight excluding hydrogens is 941 g/mol. The number of imidazole rings is 1. The third-order valence-corrected chi connectivity index (χ3v) is 13.1. The van der Waals surface area contributed by atoms with Crippen LogP contribution in [0.4, 0.5) is 5.82 Å². The second-order valence-corrected chi connectivity index (χ2v) is 20.5. The predicted molar refractivity (Wildman–Crippen MR) is 274 cm³/mol. The van der Waals surface area contributed by atoms with Crippen molar-refractivity contribution >= 4 is 51.8 Å². The molecule has 3 atom stereocenters. The lowest BCUT2D eigenvalue weighted by Crippen LogP contribution is -2.57. The molecule has 0 spiro atoms. The van der Waals surface area contributed by atoms with Crippen LogP contribution in [-0.4, -0.2) is 125 Å². The number of fused-ring (bicyclic) bond motifs is 1. The number of nitrogens with one attached hydrogen (secondary N) is 4. The Kier molecular flexibility index (Phi) is 19.2. The van der Waals surface area contributed by atoms with Crippen LogP contribution in [0.2, 0.25) is 0 Å². The molecule has 5 heterocycles. The topological polar surface area (TPSA) is 278 Å². The average Bonchev–Trinajstić information content (AvgIpc) is 4.15. The Morgan fingerprint density at radius 3 is 2.38 bits per heavy atom. The summed E-state index contributed by atoms with van der Waals surface area (Å²) in [6.45, 7) is 15.7. The molecule has 1 aliphatic rings. The fourth-order valence-corrected chi connectivity index (χ4v) is 9.15. The number of nitrogens with two attached hydrogens (primary N) is 1. The van der Waals surface area contributed by atoms with Crippen molar-refractivity contribution in [1.82, 2.24) is 56.0 Å². The van der Waals surface area contributed by atoms with E-state index in [4.69, 9.17) is 20.1 Å². The molecule has 0 saturated carbocycles. The van der Waals surface area contributed by atoms with Crippen molar-refractivity contribution in [2.45, 2.75) is 143 Å². The smallest absolute Gasteiger partial charge is 0.246 e. The number of pyridine rings is 1. The molecule has 388 valence electrons. The van der Waals surface area contributed by atoms with E-state index in [9.17, 15) is 29.4 Å². The number of ether oxygens (including phenoxy) is 1. The van der Waals surface area contributed by atoms with Crippen LogP contribution in [0.5, 0.6) is 5.75 Å². The lowest BCUT2D eigenvalue weighted by Gasteiger charge is -2.35. The van der Waals surface area contributed by atoms with Crippen LogP contribution in [0.3, 0.4) is 0 Å². The number of aliphatic hydroxyl groups is 2. The number of aryl methyl sites for hydroxylation is 2. The summed E-state index contributed by atoms with van der Waals surface area (Å²) < 4.78 is 12.9. The number of anilines is 1. The van der Waals surface area contributed by atoms with Gasteiger partial charge >= 0.3 is 0 Å². The van der Waals surface area contributed by atoms with Gasteiger partial charge in [-0.25, -0.2) is 19.6 Å². The molecule has 21 heteroatoms. The minimum atomic E-state index is -1.23. The number of aliphatic hydroxyl groups excluding tert-OH is 1. The third-order valence-electron chi connectivity index (χ3n) is 12.1. The molecule has 1 saturated heterocycles. The number of rotatable bonds is 24. The van der Waals surface area contributed by atoms with E-state index >= 15 is 0 Å². The summed E-state index contributed by atoms with van der Waals surface area (Å²) in [4.78, 5) is 69.2. The lowest BCUT2D eigenvalue weighted by atomic mass is 9.85. The number of nitrogens with zero attached hydrogens (tertiary/aromatic N) is 7. The summed E-state index contributed by atoms with van der Waals surface area (Å²) in [6, 6.07) is 6.14. The van der Waals surface area contributed by atoms with Crippen molar-refractivity contribution in [2.24, 2.45) is 5.41 Å². The van der Waals surface area contributed by atoms with Crippen LogP contribution in [0, 0.1) is 24.2 Å². The quantitative estimate of drug-likeness (QED) is 0.0327. The zero-order valence-electron chi connectivity index (χ0n) is 42.5. The molecule has 20 nitrogen and oxygen atoms in total. The van der Waals surface area contributed by atoms with Crippen molar-refractivity contribution in [2.75, 3.05) is 38.5 Å². The van der Waals surface area contributed by atoms with Crippen molar-refractivity contribution in [1.29, 1.82) is 0 Å². The first-order valence-electron chi connectivity index (χ1n) is 24.7. The number of β-amino-alcohol motifs (C(OH)–C–C–N with tert-alkyl or cyclic N) is 1. The SMILES string of the molecule is CCn1c(-c2nonc2N)nc2c(C#CC(C)(C)O)ncc(OCCCNCCCC(=O)NCCCCCCC(=O)NC(C(=O)N3C[C@H](O)C[C@H]3C(=O)NCc3ccc(-c4scnc4C)cc3)C(C)(C)C)c21. The number of hydrogen-bond acceptors (Lipinski definition) is 16. The molecule has 6 rings (SSSR count). The van der Waals surface area contributed by atoms with Gasteiger partial charge in [-0.05, 0) is 99.2 Å². The molecule has 8 N–H and O–H groups in total. The first-order chi connectivity index (χ1) is 34.3. The van der Waals surface area contributed by atoms with E-state index in [0.29, 0.717) is 86.8 Å². The summed E-state index contributed by atoms with van der Waals surface area (Å²) in [5.74, 6) is 5.74. The normalized spacial score (nSPS) is 15.3. The Labute approximate surface area is 424 Å². The average molecular weight is 1010 g/mol. The van der Waals surface area contributed by atoms with Gasteiger partial charge in [-0.15, -0.1) is 11.3 Å². The highest BCUT2D eigenvalue weighted by atomic mass is 32.1. The van der Waals surface area contributed by atoms with Gasteiger partial charge in [-0.2, -0.15) is 0 Å². The zero-order valence-corrected chi connectivity index (χ0v) is 43.3. The van der Waals surface area contributed by atoms with Gasteiger partial charge < -0.3 is 51.4 Å². The Hall–Kier alpha value is -6.47. The highest BCUT2D eigenvalue weighted by Gasteiger charge is 2.44. The number of amides is 4. The van der Waals surface area contributed by atoms with E-state index < -0.39 is 35.1 Å². The molecule has 1 fully saturated rings. The number of thiazole rings is 1. The van der Waals surface area contributed by atoms with Crippen LogP contribution in [0.1, 0.15) is 116 Å². The number of nitrogen functional groups attached to an aromatic ring is 1. The van der Waals surface area contributed by atoms with Crippen molar-refractivity contribution in [3.05, 3.63) is 52.9 Å². The molecule has 4 aromatic heterocycles. The van der Waals surface area contributed by atoms with Crippen molar-refractivity contribution < 1.29 is 38.8 Å². The Balaban J connectivity index is 0.842. The molecule has 0 bridgehead atoms. The van der Waals surface area contributed by atoms with Gasteiger partial charge in [0.2, 0.25) is 23.6 Å². The minimum absolute atomic E-state index is 0.00698. The summed E-state index contributed by atoms with van der Waals surface area (Å²) in [5, 5.41) is 40.6. The fourth-order valence-electron chi connectivity index (χ4n) is 8.33. The zero-order chi connectivity index (χ0) is 52.0. The Morgan fingerprint density at radius 1 is 0.958 bits per heavy atom. The van der Waals surface area contributed by atoms with Crippen LogP contribution >= 0.6 is 11.3 Å². The molecule has 0 radical (unpaired) electrons. The summed E-state index contributed by atoms with van der Waals surface area (Å²) in [5.41, 5.74) is 10.6. The maximum atomic E-state index is 14.0. The minimum Gasteiger partial charge on any atom is -0.490 e. The number of carbonyl (C=O) groups is 4.